The van der Waals surface area contributed by atoms with Gasteiger partial charge in [-0.05, 0) is 24.6 Å². The van der Waals surface area contributed by atoms with Crippen LogP contribution in [-0.4, -0.2) is 24.1 Å². The zero-order valence-electron chi connectivity index (χ0n) is 11.2. The van der Waals surface area contributed by atoms with Gasteiger partial charge in [-0.3, -0.25) is 4.79 Å². The number of nitrogens with zero attached hydrogens (tertiary/aromatic N) is 1. The number of amides is 1. The lowest BCUT2D eigenvalue weighted by Gasteiger charge is -2.04. The molecule has 1 amide bonds. The van der Waals surface area contributed by atoms with Gasteiger partial charge in [0.25, 0.3) is 5.91 Å². The molecular weight excluding hydrogens is 260 g/mol. The molecular formula is C14H14N2O4. The van der Waals surface area contributed by atoms with Gasteiger partial charge < -0.3 is 14.6 Å². The second kappa shape index (κ2) is 6.01. The van der Waals surface area contributed by atoms with Crippen molar-refractivity contribution in [3.05, 3.63) is 52.9 Å². The Morgan fingerprint density at radius 3 is 2.55 bits per heavy atom. The third kappa shape index (κ3) is 3.23. The van der Waals surface area contributed by atoms with E-state index in [1.54, 1.807) is 37.3 Å². The second-order valence-electron chi connectivity index (χ2n) is 4.20. The van der Waals surface area contributed by atoms with Gasteiger partial charge in [0.2, 0.25) is 5.76 Å². The van der Waals surface area contributed by atoms with Gasteiger partial charge >= 0.3 is 5.97 Å². The molecule has 1 aromatic heterocycles. The second-order valence-corrected chi connectivity index (χ2v) is 4.20. The van der Waals surface area contributed by atoms with E-state index in [2.05, 4.69) is 15.2 Å². The molecule has 2 aromatic rings. The summed E-state index contributed by atoms with van der Waals surface area (Å²) in [6.07, 6.45) is 0. The number of hydrogen-bond donors (Lipinski definition) is 1. The van der Waals surface area contributed by atoms with Crippen LogP contribution in [0, 0.1) is 6.92 Å². The first-order valence-corrected chi connectivity index (χ1v) is 5.99. The van der Waals surface area contributed by atoms with Gasteiger partial charge in [0, 0.05) is 12.6 Å². The summed E-state index contributed by atoms with van der Waals surface area (Å²) in [5, 5.41) is 6.35. The van der Waals surface area contributed by atoms with Crippen LogP contribution in [0.3, 0.4) is 0 Å². The highest BCUT2D eigenvalue weighted by atomic mass is 16.5. The Labute approximate surface area is 115 Å². The van der Waals surface area contributed by atoms with Crippen LogP contribution >= 0.6 is 0 Å². The summed E-state index contributed by atoms with van der Waals surface area (Å²) in [4.78, 5) is 23.0. The minimum absolute atomic E-state index is 0.175. The van der Waals surface area contributed by atoms with Crippen molar-refractivity contribution in [2.24, 2.45) is 0 Å². The molecule has 0 spiro atoms. The molecule has 1 N–H and O–H groups in total. The van der Waals surface area contributed by atoms with Crippen molar-refractivity contribution in [3.63, 3.8) is 0 Å². The molecule has 6 nitrogen and oxygen atoms in total. The number of carbonyl (C=O) groups is 2. The van der Waals surface area contributed by atoms with E-state index < -0.39 is 5.97 Å². The summed E-state index contributed by atoms with van der Waals surface area (Å²) in [6.45, 7) is 2.08. The molecule has 0 radical (unpaired) electrons. The minimum atomic E-state index is -0.391. The van der Waals surface area contributed by atoms with Gasteiger partial charge in [0.1, 0.15) is 0 Å². The topological polar surface area (TPSA) is 81.4 Å². The van der Waals surface area contributed by atoms with Crippen molar-refractivity contribution < 1.29 is 18.8 Å². The average Bonchev–Trinajstić information content (AvgIpc) is 2.91. The maximum atomic E-state index is 11.7. The maximum Gasteiger partial charge on any atom is 0.337 e. The average molecular weight is 274 g/mol. The van der Waals surface area contributed by atoms with E-state index in [1.807, 2.05) is 0 Å². The highest BCUT2D eigenvalue weighted by Gasteiger charge is 2.11. The van der Waals surface area contributed by atoms with Crippen molar-refractivity contribution in [1.82, 2.24) is 10.5 Å². The number of methoxy groups -OCH3 is 1. The number of carbonyl (C=O) groups excluding carboxylic acids is 2. The molecule has 1 aromatic carbocycles. The summed E-state index contributed by atoms with van der Waals surface area (Å²) < 4.78 is 9.46. The zero-order valence-corrected chi connectivity index (χ0v) is 11.2. The molecule has 2 rings (SSSR count). The Kier molecular flexibility index (Phi) is 4.14. The predicted molar refractivity (Wildman–Crippen MR) is 70.2 cm³/mol. The van der Waals surface area contributed by atoms with Crippen LogP contribution in [0.25, 0.3) is 0 Å². The number of hydrogen-bond acceptors (Lipinski definition) is 5. The molecule has 6 heteroatoms. The fraction of sp³-hybridized carbons (Fsp3) is 0.214. The van der Waals surface area contributed by atoms with Gasteiger partial charge in [0.15, 0.2) is 0 Å². The van der Waals surface area contributed by atoms with E-state index in [1.165, 1.54) is 7.11 Å². The molecule has 0 aliphatic heterocycles. The van der Waals surface area contributed by atoms with Crippen LogP contribution in [-0.2, 0) is 11.3 Å². The summed E-state index contributed by atoms with van der Waals surface area (Å²) in [5.74, 6) is -0.547. The van der Waals surface area contributed by atoms with Crippen molar-refractivity contribution in [1.29, 1.82) is 0 Å². The van der Waals surface area contributed by atoms with Crippen molar-refractivity contribution in [2.75, 3.05) is 7.11 Å². The molecule has 0 saturated heterocycles. The highest BCUT2D eigenvalue weighted by Crippen LogP contribution is 2.07. The van der Waals surface area contributed by atoms with Crippen LogP contribution in [0.1, 0.15) is 32.2 Å². The smallest absolute Gasteiger partial charge is 0.337 e. The number of benzene rings is 1. The fourth-order valence-corrected chi connectivity index (χ4v) is 1.62. The van der Waals surface area contributed by atoms with Gasteiger partial charge in [-0.15, -0.1) is 0 Å². The molecule has 0 atom stereocenters. The van der Waals surface area contributed by atoms with E-state index in [9.17, 15) is 9.59 Å². The Bertz CT molecular complexity index is 616. The van der Waals surface area contributed by atoms with Gasteiger partial charge in [0.05, 0.1) is 18.4 Å². The molecule has 104 valence electrons. The van der Waals surface area contributed by atoms with Gasteiger partial charge in [-0.1, -0.05) is 17.3 Å². The quantitative estimate of drug-likeness (QED) is 0.858. The van der Waals surface area contributed by atoms with E-state index in [0.717, 1.165) is 5.56 Å². The SMILES string of the molecule is COC(=O)c1ccc(CNC(=O)c2cc(C)no2)cc1. The first-order chi connectivity index (χ1) is 9.60. The first kappa shape index (κ1) is 13.8. The van der Waals surface area contributed by atoms with E-state index in [-0.39, 0.29) is 11.7 Å². The Hall–Kier alpha value is -2.63. The van der Waals surface area contributed by atoms with Crippen molar-refractivity contribution in [2.45, 2.75) is 13.5 Å². The lowest BCUT2D eigenvalue weighted by atomic mass is 10.1. The molecule has 20 heavy (non-hydrogen) atoms. The number of nitrogens with one attached hydrogen (secondary N) is 1. The number of esters is 1. The Morgan fingerprint density at radius 2 is 2.00 bits per heavy atom. The first-order valence-electron chi connectivity index (χ1n) is 5.99. The fourth-order valence-electron chi connectivity index (χ4n) is 1.62. The zero-order chi connectivity index (χ0) is 14.5. The monoisotopic (exact) mass is 274 g/mol. The Morgan fingerprint density at radius 1 is 1.30 bits per heavy atom. The Balaban J connectivity index is 1.94. The van der Waals surface area contributed by atoms with Gasteiger partial charge in [-0.2, -0.15) is 0 Å². The minimum Gasteiger partial charge on any atom is -0.465 e. The van der Waals surface area contributed by atoms with Crippen LogP contribution < -0.4 is 5.32 Å². The predicted octanol–water partition coefficient (Wildman–Crippen LogP) is 1.70. The summed E-state index contributed by atoms with van der Waals surface area (Å²) in [5.41, 5.74) is 1.98. The maximum absolute atomic E-state index is 11.7. The molecule has 0 fully saturated rings. The highest BCUT2D eigenvalue weighted by molar-refractivity contribution is 5.91. The summed E-state index contributed by atoms with van der Waals surface area (Å²) in [7, 11) is 1.33. The van der Waals surface area contributed by atoms with Crippen LogP contribution in [0.15, 0.2) is 34.9 Å². The largest absolute Gasteiger partial charge is 0.465 e. The third-order valence-corrected chi connectivity index (χ3v) is 2.68. The number of ether oxygens (including phenoxy) is 1. The molecule has 0 saturated carbocycles. The van der Waals surface area contributed by atoms with Crippen LogP contribution in [0.5, 0.6) is 0 Å². The van der Waals surface area contributed by atoms with E-state index >= 15 is 0 Å². The third-order valence-electron chi connectivity index (χ3n) is 2.68. The molecule has 1 heterocycles. The number of rotatable bonds is 4. The lowest BCUT2D eigenvalue weighted by molar-refractivity contribution is 0.0600. The van der Waals surface area contributed by atoms with Crippen molar-refractivity contribution >= 4 is 11.9 Å². The lowest BCUT2D eigenvalue weighted by Crippen LogP contribution is -2.22. The van der Waals surface area contributed by atoms with Crippen LogP contribution in [0.2, 0.25) is 0 Å². The molecule has 0 aliphatic rings. The molecule has 0 unspecified atom stereocenters. The standard InChI is InChI=1S/C14H14N2O4/c1-9-7-12(20-16-9)13(17)15-8-10-3-5-11(6-4-10)14(18)19-2/h3-7H,8H2,1-2H3,(H,15,17). The van der Waals surface area contributed by atoms with Crippen molar-refractivity contribution in [3.8, 4) is 0 Å². The molecule has 0 bridgehead atoms. The summed E-state index contributed by atoms with van der Waals surface area (Å²) >= 11 is 0. The van der Waals surface area contributed by atoms with Crippen LogP contribution in [0.4, 0.5) is 0 Å². The van der Waals surface area contributed by atoms with Gasteiger partial charge in [-0.25, -0.2) is 4.79 Å². The number of aryl methyl sites for hydroxylation is 1. The van der Waals surface area contributed by atoms with E-state index in [0.29, 0.717) is 17.8 Å². The summed E-state index contributed by atoms with van der Waals surface area (Å²) in [6, 6.07) is 8.35. The van der Waals surface area contributed by atoms with E-state index in [4.69, 9.17) is 4.52 Å². The molecule has 0 aliphatic carbocycles. The normalized spacial score (nSPS) is 10.1. The number of aromatic nitrogens is 1.